The molecule has 4 heteroatoms. The molecule has 0 bridgehead atoms. The second-order valence-electron chi connectivity index (χ2n) is 2.61. The van der Waals surface area contributed by atoms with Crippen LogP contribution in [-0.2, 0) is 10.8 Å². The SMILES string of the molecule is CCC(N)CS(=O)c1cccs1. The van der Waals surface area contributed by atoms with Gasteiger partial charge in [-0.15, -0.1) is 11.3 Å². The summed E-state index contributed by atoms with van der Waals surface area (Å²) in [5.41, 5.74) is 5.69. The topological polar surface area (TPSA) is 43.1 Å². The molecule has 2 atom stereocenters. The third-order valence-corrected chi connectivity index (χ3v) is 4.43. The summed E-state index contributed by atoms with van der Waals surface area (Å²) < 4.78 is 12.4. The average Bonchev–Trinajstić information content (AvgIpc) is 2.56. The monoisotopic (exact) mass is 203 g/mol. The van der Waals surface area contributed by atoms with Crippen LogP contribution in [0.3, 0.4) is 0 Å². The minimum atomic E-state index is -0.889. The Hall–Kier alpha value is -0.190. The van der Waals surface area contributed by atoms with Crippen molar-refractivity contribution >= 4 is 22.1 Å². The fourth-order valence-electron chi connectivity index (χ4n) is 0.787. The predicted molar refractivity (Wildman–Crippen MR) is 53.9 cm³/mol. The van der Waals surface area contributed by atoms with E-state index in [2.05, 4.69) is 0 Å². The van der Waals surface area contributed by atoms with E-state index in [1.807, 2.05) is 24.4 Å². The molecule has 68 valence electrons. The van der Waals surface area contributed by atoms with Crippen molar-refractivity contribution in [2.24, 2.45) is 5.73 Å². The van der Waals surface area contributed by atoms with E-state index in [4.69, 9.17) is 5.73 Å². The molecule has 2 N–H and O–H groups in total. The quantitative estimate of drug-likeness (QED) is 0.807. The summed E-state index contributed by atoms with van der Waals surface area (Å²) in [6.07, 6.45) is 0.886. The first-order valence-corrected chi connectivity index (χ1v) is 6.11. The largest absolute Gasteiger partial charge is 0.327 e. The van der Waals surface area contributed by atoms with Gasteiger partial charge in [0.05, 0.1) is 15.0 Å². The Morgan fingerprint density at radius 1 is 1.75 bits per heavy atom. The molecule has 0 aliphatic rings. The fraction of sp³-hybridized carbons (Fsp3) is 0.500. The zero-order valence-corrected chi connectivity index (χ0v) is 8.66. The van der Waals surface area contributed by atoms with Crippen molar-refractivity contribution in [3.05, 3.63) is 17.5 Å². The summed E-state index contributed by atoms with van der Waals surface area (Å²) in [6, 6.07) is 3.87. The lowest BCUT2D eigenvalue weighted by Gasteiger charge is -2.05. The molecule has 0 saturated heterocycles. The number of rotatable bonds is 4. The highest BCUT2D eigenvalue weighted by atomic mass is 32.2. The van der Waals surface area contributed by atoms with E-state index >= 15 is 0 Å². The van der Waals surface area contributed by atoms with Crippen LogP contribution < -0.4 is 5.73 Å². The van der Waals surface area contributed by atoms with Crippen LogP contribution in [0.25, 0.3) is 0 Å². The molecule has 0 saturated carbocycles. The summed E-state index contributed by atoms with van der Waals surface area (Å²) in [6.45, 7) is 2.01. The summed E-state index contributed by atoms with van der Waals surface area (Å²) >= 11 is 1.53. The Balaban J connectivity index is 2.50. The molecule has 0 aliphatic heterocycles. The van der Waals surface area contributed by atoms with Gasteiger partial charge in [0.1, 0.15) is 0 Å². The predicted octanol–water partition coefficient (Wildman–Crippen LogP) is 1.59. The molecule has 0 radical (unpaired) electrons. The normalized spacial score (nSPS) is 15.8. The summed E-state index contributed by atoms with van der Waals surface area (Å²) in [7, 11) is -0.889. The zero-order valence-electron chi connectivity index (χ0n) is 7.03. The summed E-state index contributed by atoms with van der Waals surface area (Å²) in [4.78, 5) is 0. The maximum absolute atomic E-state index is 11.5. The molecule has 2 unspecified atom stereocenters. The van der Waals surface area contributed by atoms with Gasteiger partial charge in [0.15, 0.2) is 0 Å². The van der Waals surface area contributed by atoms with Gasteiger partial charge in [-0.05, 0) is 17.9 Å². The number of nitrogens with two attached hydrogens (primary N) is 1. The second kappa shape index (κ2) is 4.74. The van der Waals surface area contributed by atoms with Crippen molar-refractivity contribution in [1.29, 1.82) is 0 Å². The van der Waals surface area contributed by atoms with Crippen LogP contribution in [0, 0.1) is 0 Å². The number of hydrogen-bond donors (Lipinski definition) is 1. The molecule has 1 aromatic heterocycles. The Morgan fingerprint density at radius 3 is 3.00 bits per heavy atom. The van der Waals surface area contributed by atoms with Crippen molar-refractivity contribution in [1.82, 2.24) is 0 Å². The molecule has 1 aromatic rings. The van der Waals surface area contributed by atoms with E-state index in [0.717, 1.165) is 10.6 Å². The molecule has 2 nitrogen and oxygen atoms in total. The lowest BCUT2D eigenvalue weighted by atomic mass is 10.3. The van der Waals surface area contributed by atoms with Crippen molar-refractivity contribution in [3.63, 3.8) is 0 Å². The Labute approximate surface area is 79.2 Å². The highest BCUT2D eigenvalue weighted by Gasteiger charge is 2.08. The molecular weight excluding hydrogens is 190 g/mol. The first kappa shape index (κ1) is 9.89. The fourth-order valence-corrected chi connectivity index (χ4v) is 3.06. The lowest BCUT2D eigenvalue weighted by Crippen LogP contribution is -2.25. The van der Waals surface area contributed by atoms with Crippen molar-refractivity contribution in [2.75, 3.05) is 5.75 Å². The zero-order chi connectivity index (χ0) is 8.97. The van der Waals surface area contributed by atoms with Gasteiger partial charge in [0.25, 0.3) is 0 Å². The third kappa shape index (κ3) is 2.69. The van der Waals surface area contributed by atoms with Gasteiger partial charge in [-0.2, -0.15) is 0 Å². The van der Waals surface area contributed by atoms with Crippen LogP contribution in [0.2, 0.25) is 0 Å². The molecule has 12 heavy (non-hydrogen) atoms. The molecule has 0 fully saturated rings. The minimum Gasteiger partial charge on any atom is -0.327 e. The van der Waals surface area contributed by atoms with Crippen molar-refractivity contribution < 1.29 is 4.21 Å². The second-order valence-corrected chi connectivity index (χ2v) is 5.28. The lowest BCUT2D eigenvalue weighted by molar-refractivity contribution is 0.665. The van der Waals surface area contributed by atoms with Crippen molar-refractivity contribution in [3.8, 4) is 0 Å². The van der Waals surface area contributed by atoms with E-state index in [1.165, 1.54) is 11.3 Å². The smallest absolute Gasteiger partial charge is 0.0911 e. The van der Waals surface area contributed by atoms with Gasteiger partial charge < -0.3 is 5.73 Å². The van der Waals surface area contributed by atoms with Gasteiger partial charge >= 0.3 is 0 Å². The summed E-state index contributed by atoms with van der Waals surface area (Å²) in [5.74, 6) is 0.580. The van der Waals surface area contributed by atoms with E-state index in [0.29, 0.717) is 5.75 Å². The minimum absolute atomic E-state index is 0.0629. The van der Waals surface area contributed by atoms with Gasteiger partial charge in [-0.25, -0.2) is 0 Å². The molecule has 1 heterocycles. The molecule has 0 spiro atoms. The molecule has 0 aromatic carbocycles. The van der Waals surface area contributed by atoms with E-state index in [1.54, 1.807) is 0 Å². The Morgan fingerprint density at radius 2 is 2.50 bits per heavy atom. The van der Waals surface area contributed by atoms with Gasteiger partial charge in [0.2, 0.25) is 0 Å². The Bertz CT molecular complexity index is 246. The Kier molecular flexibility index (Phi) is 3.91. The molecule has 1 rings (SSSR count). The van der Waals surface area contributed by atoms with Crippen LogP contribution in [0.1, 0.15) is 13.3 Å². The summed E-state index contributed by atoms with van der Waals surface area (Å²) in [5, 5.41) is 1.94. The van der Waals surface area contributed by atoms with Crippen LogP contribution >= 0.6 is 11.3 Å². The van der Waals surface area contributed by atoms with Crippen LogP contribution in [-0.4, -0.2) is 16.0 Å². The first-order valence-electron chi connectivity index (χ1n) is 3.91. The number of hydrogen-bond acceptors (Lipinski definition) is 3. The number of thiophene rings is 1. The maximum atomic E-state index is 11.5. The van der Waals surface area contributed by atoms with Crippen LogP contribution in [0.15, 0.2) is 21.7 Å². The third-order valence-electron chi connectivity index (χ3n) is 1.61. The molecule has 0 aliphatic carbocycles. The van der Waals surface area contributed by atoms with E-state index in [9.17, 15) is 4.21 Å². The molecule has 0 amide bonds. The van der Waals surface area contributed by atoms with Gasteiger partial charge in [-0.1, -0.05) is 13.0 Å². The van der Waals surface area contributed by atoms with E-state index in [-0.39, 0.29) is 6.04 Å². The van der Waals surface area contributed by atoms with E-state index < -0.39 is 10.8 Å². The van der Waals surface area contributed by atoms with Gasteiger partial charge in [-0.3, -0.25) is 4.21 Å². The molecular formula is C8H13NOS2. The highest BCUT2D eigenvalue weighted by molar-refractivity contribution is 7.87. The van der Waals surface area contributed by atoms with Crippen LogP contribution in [0.5, 0.6) is 0 Å². The maximum Gasteiger partial charge on any atom is 0.0911 e. The van der Waals surface area contributed by atoms with Crippen LogP contribution in [0.4, 0.5) is 0 Å². The van der Waals surface area contributed by atoms with Gasteiger partial charge in [0, 0.05) is 11.8 Å². The first-order chi connectivity index (χ1) is 5.74. The van der Waals surface area contributed by atoms with Crippen molar-refractivity contribution in [2.45, 2.75) is 23.6 Å². The average molecular weight is 203 g/mol. The standard InChI is InChI=1S/C8H13NOS2/c1-2-7(9)6-12(10)8-4-3-5-11-8/h3-5,7H,2,6,9H2,1H3. The highest BCUT2D eigenvalue weighted by Crippen LogP contribution is 2.14.